The van der Waals surface area contributed by atoms with Gasteiger partial charge in [-0.2, -0.15) is 4.68 Å². The third kappa shape index (κ3) is 2.55. The summed E-state index contributed by atoms with van der Waals surface area (Å²) in [5.74, 6) is -1.15. The fraction of sp³-hybridized carbons (Fsp3) is 0.111. The van der Waals surface area contributed by atoms with Crippen LogP contribution in [0.4, 0.5) is 0 Å². The number of hydrogen-bond donors (Lipinski definition) is 0. The van der Waals surface area contributed by atoms with Crippen molar-refractivity contribution in [1.29, 1.82) is 0 Å². The highest BCUT2D eigenvalue weighted by Crippen LogP contribution is 2.22. The molecule has 25 heavy (non-hydrogen) atoms. The van der Waals surface area contributed by atoms with Crippen LogP contribution in [-0.2, 0) is 6.54 Å². The van der Waals surface area contributed by atoms with Crippen LogP contribution in [0.15, 0.2) is 63.8 Å². The molecule has 0 N–H and O–H groups in total. The van der Waals surface area contributed by atoms with E-state index in [1.165, 1.54) is 0 Å². The summed E-state index contributed by atoms with van der Waals surface area (Å²) in [6.45, 7) is 0.119. The van der Waals surface area contributed by atoms with Crippen LogP contribution in [0.2, 0.25) is 0 Å². The molecule has 0 spiro atoms. The summed E-state index contributed by atoms with van der Waals surface area (Å²) in [6.07, 6.45) is 0. The topological polar surface area (TPSA) is 85.4 Å². The molecule has 2 heterocycles. The van der Waals surface area contributed by atoms with Crippen molar-refractivity contribution in [3.63, 3.8) is 0 Å². The van der Waals surface area contributed by atoms with E-state index in [0.29, 0.717) is 16.7 Å². The molecule has 0 saturated carbocycles. The van der Waals surface area contributed by atoms with E-state index in [1.54, 1.807) is 36.4 Å². The Balaban J connectivity index is 1.53. The summed E-state index contributed by atoms with van der Waals surface area (Å²) in [7, 11) is 0. The van der Waals surface area contributed by atoms with Crippen LogP contribution in [0.3, 0.4) is 0 Å². The lowest BCUT2D eigenvalue weighted by Gasteiger charge is -2.12. The number of hydrogen-bond acceptors (Lipinski definition) is 5. The highest BCUT2D eigenvalue weighted by molar-refractivity contribution is 6.21. The SMILES string of the molecule is O=C1c2ccccc2C(=O)N1CCn1nc(-c2ccccc2)oc1=O. The number of carbonyl (C=O) groups excluding carboxylic acids is 2. The van der Waals surface area contributed by atoms with Crippen molar-refractivity contribution in [3.8, 4) is 11.5 Å². The second kappa shape index (κ2) is 5.86. The van der Waals surface area contributed by atoms with Gasteiger partial charge in [0.05, 0.1) is 17.7 Å². The fourth-order valence-corrected chi connectivity index (χ4v) is 2.78. The number of aromatic nitrogens is 2. The van der Waals surface area contributed by atoms with E-state index in [1.807, 2.05) is 18.2 Å². The number of amides is 2. The quantitative estimate of drug-likeness (QED) is 0.679. The summed E-state index contributed by atoms with van der Waals surface area (Å²) >= 11 is 0. The Bertz CT molecular complexity index is 985. The van der Waals surface area contributed by atoms with E-state index >= 15 is 0 Å². The molecule has 1 aliphatic heterocycles. The molecule has 7 nitrogen and oxygen atoms in total. The van der Waals surface area contributed by atoms with Gasteiger partial charge in [0.25, 0.3) is 11.8 Å². The van der Waals surface area contributed by atoms with Crippen LogP contribution in [0.1, 0.15) is 20.7 Å². The monoisotopic (exact) mass is 335 g/mol. The Morgan fingerprint density at radius 2 is 1.40 bits per heavy atom. The average Bonchev–Trinajstić information content (AvgIpc) is 3.13. The minimum Gasteiger partial charge on any atom is -0.388 e. The number of benzene rings is 2. The summed E-state index contributed by atoms with van der Waals surface area (Å²) in [4.78, 5) is 37.7. The van der Waals surface area contributed by atoms with Gasteiger partial charge in [-0.25, -0.2) is 4.79 Å². The molecule has 1 aliphatic rings. The standard InChI is InChI=1S/C18H13N3O4/c22-16-13-8-4-5-9-14(13)17(23)20(16)10-11-21-18(24)25-15(19-21)12-6-2-1-3-7-12/h1-9H,10-11H2. The van der Waals surface area contributed by atoms with E-state index < -0.39 is 5.76 Å². The zero-order valence-corrected chi connectivity index (χ0v) is 13.1. The summed E-state index contributed by atoms with van der Waals surface area (Å²) in [5.41, 5.74) is 1.44. The van der Waals surface area contributed by atoms with Gasteiger partial charge in [-0.05, 0) is 24.3 Å². The van der Waals surface area contributed by atoms with Crippen molar-refractivity contribution in [2.45, 2.75) is 6.54 Å². The molecule has 2 aromatic carbocycles. The Kier molecular flexibility index (Phi) is 3.53. The van der Waals surface area contributed by atoms with E-state index in [4.69, 9.17) is 4.42 Å². The molecule has 0 fully saturated rings. The lowest BCUT2D eigenvalue weighted by molar-refractivity contribution is 0.0646. The molecule has 0 unspecified atom stereocenters. The maximum Gasteiger partial charge on any atom is 0.437 e. The summed E-state index contributed by atoms with van der Waals surface area (Å²) < 4.78 is 6.26. The van der Waals surface area contributed by atoms with Crippen molar-refractivity contribution in [2.75, 3.05) is 6.54 Å². The number of imide groups is 1. The lowest BCUT2D eigenvalue weighted by atomic mass is 10.1. The number of nitrogens with zero attached hydrogens (tertiary/aromatic N) is 3. The molecule has 1 aromatic heterocycles. The van der Waals surface area contributed by atoms with Crippen molar-refractivity contribution >= 4 is 11.8 Å². The lowest BCUT2D eigenvalue weighted by Crippen LogP contribution is -2.34. The average molecular weight is 335 g/mol. The smallest absolute Gasteiger partial charge is 0.388 e. The molecule has 3 aromatic rings. The second-order valence-electron chi connectivity index (χ2n) is 5.57. The van der Waals surface area contributed by atoms with E-state index in [0.717, 1.165) is 9.58 Å². The van der Waals surface area contributed by atoms with Gasteiger partial charge >= 0.3 is 5.76 Å². The first-order chi connectivity index (χ1) is 12.1. The third-order valence-corrected chi connectivity index (χ3v) is 4.04. The highest BCUT2D eigenvalue weighted by atomic mass is 16.4. The Morgan fingerprint density at radius 3 is 2.04 bits per heavy atom. The van der Waals surface area contributed by atoms with Gasteiger partial charge in [0, 0.05) is 12.1 Å². The molecule has 4 rings (SSSR count). The fourth-order valence-electron chi connectivity index (χ4n) is 2.78. The molecule has 0 atom stereocenters. The molecule has 7 heteroatoms. The van der Waals surface area contributed by atoms with Crippen LogP contribution in [0.5, 0.6) is 0 Å². The maximum atomic E-state index is 12.3. The Labute approximate surface area is 142 Å². The van der Waals surface area contributed by atoms with Crippen LogP contribution < -0.4 is 5.76 Å². The highest BCUT2D eigenvalue weighted by Gasteiger charge is 2.34. The van der Waals surface area contributed by atoms with Gasteiger partial charge in [0.1, 0.15) is 0 Å². The van der Waals surface area contributed by atoms with Crippen LogP contribution in [-0.4, -0.2) is 33.0 Å². The second-order valence-corrected chi connectivity index (χ2v) is 5.57. The van der Waals surface area contributed by atoms with Gasteiger partial charge in [0.2, 0.25) is 5.89 Å². The summed E-state index contributed by atoms with van der Waals surface area (Å²) in [6, 6.07) is 15.7. The van der Waals surface area contributed by atoms with E-state index in [9.17, 15) is 14.4 Å². The Hall–Kier alpha value is -3.48. The number of rotatable bonds is 4. The van der Waals surface area contributed by atoms with Gasteiger partial charge in [-0.15, -0.1) is 5.10 Å². The van der Waals surface area contributed by atoms with Crippen LogP contribution >= 0.6 is 0 Å². The van der Waals surface area contributed by atoms with Gasteiger partial charge in [-0.3, -0.25) is 14.5 Å². The first-order valence-corrected chi connectivity index (χ1v) is 7.74. The van der Waals surface area contributed by atoms with Crippen molar-refractivity contribution < 1.29 is 14.0 Å². The normalized spacial score (nSPS) is 13.4. The summed E-state index contributed by atoms with van der Waals surface area (Å²) in [5, 5.41) is 4.13. The van der Waals surface area contributed by atoms with E-state index in [-0.39, 0.29) is 30.8 Å². The first kappa shape index (κ1) is 15.1. The largest absolute Gasteiger partial charge is 0.437 e. The van der Waals surface area contributed by atoms with Crippen molar-refractivity contribution in [3.05, 3.63) is 76.3 Å². The van der Waals surface area contributed by atoms with Gasteiger partial charge in [-0.1, -0.05) is 30.3 Å². The van der Waals surface area contributed by atoms with Crippen molar-refractivity contribution in [2.24, 2.45) is 0 Å². The molecule has 0 aliphatic carbocycles. The van der Waals surface area contributed by atoms with Crippen molar-refractivity contribution in [1.82, 2.24) is 14.7 Å². The van der Waals surface area contributed by atoms with Gasteiger partial charge in [0.15, 0.2) is 0 Å². The Morgan fingerprint density at radius 1 is 0.800 bits per heavy atom. The molecule has 0 bridgehead atoms. The number of fused-ring (bicyclic) bond motifs is 1. The zero-order chi connectivity index (χ0) is 17.4. The number of carbonyl (C=O) groups is 2. The predicted molar refractivity (Wildman–Crippen MR) is 88.0 cm³/mol. The molecule has 124 valence electrons. The van der Waals surface area contributed by atoms with E-state index in [2.05, 4.69) is 5.10 Å². The molecule has 0 saturated heterocycles. The van der Waals surface area contributed by atoms with Crippen LogP contribution in [0, 0.1) is 0 Å². The molecule has 0 radical (unpaired) electrons. The minimum atomic E-state index is -0.629. The molecule has 2 amide bonds. The van der Waals surface area contributed by atoms with Gasteiger partial charge < -0.3 is 4.42 Å². The van der Waals surface area contributed by atoms with Crippen LogP contribution in [0.25, 0.3) is 11.5 Å². The first-order valence-electron chi connectivity index (χ1n) is 7.74. The molecular formula is C18H13N3O4. The predicted octanol–water partition coefficient (Wildman–Crippen LogP) is 1.80. The minimum absolute atomic E-state index is 0.0486. The molecular weight excluding hydrogens is 322 g/mol. The third-order valence-electron chi connectivity index (χ3n) is 4.04. The zero-order valence-electron chi connectivity index (χ0n) is 13.1. The maximum absolute atomic E-state index is 12.3.